The zero-order chi connectivity index (χ0) is 12.3. The summed E-state index contributed by atoms with van der Waals surface area (Å²) in [6.07, 6.45) is 2.41. The van der Waals surface area contributed by atoms with Crippen molar-refractivity contribution in [1.29, 1.82) is 0 Å². The van der Waals surface area contributed by atoms with Gasteiger partial charge in [-0.25, -0.2) is 0 Å². The minimum Gasteiger partial charge on any atom is -0.494 e. The maximum Gasteiger partial charge on any atom is 0.150 e. The molecular weight excluding hydrogens is 238 g/mol. The molecule has 0 aliphatic carbocycles. The van der Waals surface area contributed by atoms with Gasteiger partial charge in [-0.05, 0) is 24.3 Å². The summed E-state index contributed by atoms with van der Waals surface area (Å²) in [5.74, 6) is 0.623. The summed E-state index contributed by atoms with van der Waals surface area (Å²) in [5.41, 5.74) is 1.84. The van der Waals surface area contributed by atoms with Gasteiger partial charge in [-0.3, -0.25) is 9.78 Å². The SMILES string of the molecule is COc1cccnc1-c1ccc(Cl)cc1C=O. The van der Waals surface area contributed by atoms with Gasteiger partial charge in [-0.1, -0.05) is 17.7 Å². The third-order valence-corrected chi connectivity index (χ3v) is 2.62. The molecule has 1 aromatic carbocycles. The molecule has 0 radical (unpaired) electrons. The van der Waals surface area contributed by atoms with Crippen LogP contribution in [0.4, 0.5) is 0 Å². The molecule has 0 saturated carbocycles. The highest BCUT2D eigenvalue weighted by Gasteiger charge is 2.11. The van der Waals surface area contributed by atoms with E-state index < -0.39 is 0 Å². The molecule has 4 heteroatoms. The number of aldehydes is 1. The van der Waals surface area contributed by atoms with E-state index in [4.69, 9.17) is 16.3 Å². The molecule has 2 aromatic rings. The lowest BCUT2D eigenvalue weighted by atomic mass is 10.0. The number of hydrogen-bond donors (Lipinski definition) is 0. The minimum absolute atomic E-state index is 0.495. The molecule has 0 aliphatic rings. The van der Waals surface area contributed by atoms with Gasteiger partial charge in [0.25, 0.3) is 0 Å². The van der Waals surface area contributed by atoms with Crippen molar-refractivity contribution >= 4 is 17.9 Å². The summed E-state index contributed by atoms with van der Waals surface area (Å²) >= 11 is 5.85. The predicted molar refractivity (Wildman–Crippen MR) is 66.6 cm³/mol. The Morgan fingerprint density at radius 2 is 2.18 bits per heavy atom. The second kappa shape index (κ2) is 4.97. The van der Waals surface area contributed by atoms with Gasteiger partial charge in [-0.15, -0.1) is 0 Å². The molecule has 0 N–H and O–H groups in total. The highest BCUT2D eigenvalue weighted by atomic mass is 35.5. The molecule has 2 rings (SSSR count). The van der Waals surface area contributed by atoms with Crippen molar-refractivity contribution in [3.63, 3.8) is 0 Å². The second-order valence-corrected chi connectivity index (χ2v) is 3.84. The first kappa shape index (κ1) is 11.6. The fraction of sp³-hybridized carbons (Fsp3) is 0.0769. The van der Waals surface area contributed by atoms with Crippen LogP contribution in [0.3, 0.4) is 0 Å². The summed E-state index contributed by atoms with van der Waals surface area (Å²) in [7, 11) is 1.57. The lowest BCUT2D eigenvalue weighted by Gasteiger charge is -2.09. The van der Waals surface area contributed by atoms with Gasteiger partial charge in [0.05, 0.1) is 7.11 Å². The number of benzene rings is 1. The van der Waals surface area contributed by atoms with E-state index in [1.165, 1.54) is 0 Å². The molecule has 0 saturated heterocycles. The van der Waals surface area contributed by atoms with Crippen LogP contribution in [0, 0.1) is 0 Å². The molecule has 0 amide bonds. The lowest BCUT2D eigenvalue weighted by molar-refractivity contribution is 0.112. The van der Waals surface area contributed by atoms with Crippen molar-refractivity contribution < 1.29 is 9.53 Å². The van der Waals surface area contributed by atoms with Gasteiger partial charge >= 0.3 is 0 Å². The highest BCUT2D eigenvalue weighted by molar-refractivity contribution is 6.31. The van der Waals surface area contributed by atoms with Crippen LogP contribution in [-0.2, 0) is 0 Å². The highest BCUT2D eigenvalue weighted by Crippen LogP contribution is 2.30. The Labute approximate surface area is 104 Å². The monoisotopic (exact) mass is 247 g/mol. The summed E-state index contributed by atoms with van der Waals surface area (Å²) in [6.45, 7) is 0. The molecule has 3 nitrogen and oxygen atoms in total. The largest absolute Gasteiger partial charge is 0.494 e. The molecule has 0 spiro atoms. The van der Waals surface area contributed by atoms with E-state index in [-0.39, 0.29) is 0 Å². The average Bonchev–Trinajstić information content (AvgIpc) is 2.38. The van der Waals surface area contributed by atoms with Crippen LogP contribution in [0.15, 0.2) is 36.5 Å². The number of aromatic nitrogens is 1. The number of ether oxygens (including phenoxy) is 1. The Kier molecular flexibility index (Phi) is 3.40. The summed E-state index contributed by atoms with van der Waals surface area (Å²) in [6, 6.07) is 8.66. The van der Waals surface area contributed by atoms with Crippen molar-refractivity contribution in [3.05, 3.63) is 47.1 Å². The van der Waals surface area contributed by atoms with E-state index in [2.05, 4.69) is 4.98 Å². The third kappa shape index (κ3) is 2.29. The molecule has 0 fully saturated rings. The average molecular weight is 248 g/mol. The van der Waals surface area contributed by atoms with Crippen LogP contribution in [0.25, 0.3) is 11.3 Å². The number of pyridine rings is 1. The van der Waals surface area contributed by atoms with Crippen LogP contribution in [0.5, 0.6) is 5.75 Å². The van der Waals surface area contributed by atoms with Crippen LogP contribution < -0.4 is 4.74 Å². The number of carbonyl (C=O) groups is 1. The smallest absolute Gasteiger partial charge is 0.150 e. The van der Waals surface area contributed by atoms with Crippen LogP contribution >= 0.6 is 11.6 Å². The standard InChI is InChI=1S/C13H10ClNO2/c1-17-12-3-2-6-15-13(12)11-5-4-10(14)7-9(11)8-16/h2-8H,1H3. The second-order valence-electron chi connectivity index (χ2n) is 3.40. The Balaban J connectivity index is 2.63. The molecule has 1 heterocycles. The summed E-state index contributed by atoms with van der Waals surface area (Å²) < 4.78 is 5.22. The number of methoxy groups -OCH3 is 1. The first-order chi connectivity index (χ1) is 8.26. The molecule has 0 aliphatic heterocycles. The fourth-order valence-electron chi connectivity index (χ4n) is 1.60. The van der Waals surface area contributed by atoms with E-state index in [1.54, 1.807) is 43.6 Å². The quantitative estimate of drug-likeness (QED) is 0.782. The van der Waals surface area contributed by atoms with Crippen molar-refractivity contribution in [2.45, 2.75) is 0 Å². The van der Waals surface area contributed by atoms with Gasteiger partial charge < -0.3 is 4.74 Å². The number of rotatable bonds is 3. The van der Waals surface area contributed by atoms with Gasteiger partial charge in [-0.2, -0.15) is 0 Å². The maximum absolute atomic E-state index is 11.0. The molecule has 86 valence electrons. The molecule has 0 unspecified atom stereocenters. The Bertz CT molecular complexity index is 555. The van der Waals surface area contributed by atoms with Gasteiger partial charge in [0, 0.05) is 22.3 Å². The van der Waals surface area contributed by atoms with Crippen molar-refractivity contribution in [1.82, 2.24) is 4.98 Å². The summed E-state index contributed by atoms with van der Waals surface area (Å²) in [4.78, 5) is 15.3. The van der Waals surface area contributed by atoms with Crippen LogP contribution in [0.1, 0.15) is 10.4 Å². The van der Waals surface area contributed by atoms with Crippen molar-refractivity contribution in [2.24, 2.45) is 0 Å². The zero-order valence-electron chi connectivity index (χ0n) is 9.18. The summed E-state index contributed by atoms with van der Waals surface area (Å²) in [5, 5.41) is 0.519. The van der Waals surface area contributed by atoms with Crippen LogP contribution in [-0.4, -0.2) is 18.4 Å². The van der Waals surface area contributed by atoms with Gasteiger partial charge in [0.1, 0.15) is 11.4 Å². The first-order valence-electron chi connectivity index (χ1n) is 5.00. The molecule has 17 heavy (non-hydrogen) atoms. The van der Waals surface area contributed by atoms with E-state index in [0.717, 1.165) is 6.29 Å². The number of nitrogens with zero attached hydrogens (tertiary/aromatic N) is 1. The predicted octanol–water partition coefficient (Wildman–Crippen LogP) is 3.22. The molecule has 1 aromatic heterocycles. The van der Waals surface area contributed by atoms with Crippen molar-refractivity contribution in [3.8, 4) is 17.0 Å². The van der Waals surface area contributed by atoms with Crippen molar-refractivity contribution in [2.75, 3.05) is 7.11 Å². The molecular formula is C13H10ClNO2. The fourth-order valence-corrected chi connectivity index (χ4v) is 1.78. The lowest BCUT2D eigenvalue weighted by Crippen LogP contribution is -1.94. The third-order valence-electron chi connectivity index (χ3n) is 2.39. The van der Waals surface area contributed by atoms with Gasteiger partial charge in [0.2, 0.25) is 0 Å². The Morgan fingerprint density at radius 3 is 2.88 bits per heavy atom. The number of halogens is 1. The maximum atomic E-state index is 11.0. The molecule has 0 atom stereocenters. The minimum atomic E-state index is 0.495. The number of hydrogen-bond acceptors (Lipinski definition) is 3. The van der Waals surface area contributed by atoms with E-state index in [0.29, 0.717) is 27.6 Å². The first-order valence-corrected chi connectivity index (χ1v) is 5.38. The number of carbonyl (C=O) groups excluding carboxylic acids is 1. The van der Waals surface area contributed by atoms with E-state index in [1.807, 2.05) is 0 Å². The molecule has 0 bridgehead atoms. The Hall–Kier alpha value is -1.87. The topological polar surface area (TPSA) is 39.2 Å². The zero-order valence-corrected chi connectivity index (χ0v) is 9.94. The van der Waals surface area contributed by atoms with Gasteiger partial charge in [0.15, 0.2) is 6.29 Å². The normalized spacial score (nSPS) is 10.0. The Morgan fingerprint density at radius 1 is 1.35 bits per heavy atom. The van der Waals surface area contributed by atoms with E-state index >= 15 is 0 Å². The van der Waals surface area contributed by atoms with E-state index in [9.17, 15) is 4.79 Å². The van der Waals surface area contributed by atoms with Crippen LogP contribution in [0.2, 0.25) is 5.02 Å².